The monoisotopic (exact) mass is 267 g/mol. The molecule has 0 saturated heterocycles. The second-order valence-corrected chi connectivity index (χ2v) is 5.25. The molecule has 0 N–H and O–H groups in total. The first kappa shape index (κ1) is 12.9. The van der Waals surface area contributed by atoms with Gasteiger partial charge in [-0.05, 0) is 61.9 Å². The lowest BCUT2D eigenvalue weighted by Gasteiger charge is -2.16. The summed E-state index contributed by atoms with van der Waals surface area (Å²) in [6, 6.07) is 8.05. The summed E-state index contributed by atoms with van der Waals surface area (Å²) in [7, 11) is 0. The molecule has 0 saturated carbocycles. The highest BCUT2D eigenvalue weighted by atomic mass is 16.5. The van der Waals surface area contributed by atoms with E-state index in [2.05, 4.69) is 17.1 Å². The van der Waals surface area contributed by atoms with Gasteiger partial charge in [-0.3, -0.25) is 4.79 Å². The smallest absolute Gasteiger partial charge is 0.222 e. The molecule has 0 aliphatic heterocycles. The molecule has 0 bridgehead atoms. The summed E-state index contributed by atoms with van der Waals surface area (Å²) in [5.74, 6) is 1.38. The van der Waals surface area contributed by atoms with E-state index in [0.717, 1.165) is 24.0 Å². The van der Waals surface area contributed by atoms with Crippen LogP contribution in [0.1, 0.15) is 39.9 Å². The minimum atomic E-state index is 0.561. The Morgan fingerprint density at radius 1 is 1.15 bits per heavy atom. The Labute approximate surface area is 118 Å². The van der Waals surface area contributed by atoms with Gasteiger partial charge in [0.15, 0.2) is 6.29 Å². The number of aldehydes is 1. The Balaban J connectivity index is 1.86. The van der Waals surface area contributed by atoms with E-state index in [1.165, 1.54) is 36.6 Å². The van der Waals surface area contributed by atoms with Crippen LogP contribution in [0.15, 0.2) is 30.5 Å². The first-order chi connectivity index (χ1) is 9.76. The Morgan fingerprint density at radius 2 is 1.95 bits per heavy atom. The summed E-state index contributed by atoms with van der Waals surface area (Å²) in [6.07, 6.45) is 7.16. The average molecular weight is 267 g/mol. The Hall–Kier alpha value is -2.16. The van der Waals surface area contributed by atoms with Crippen molar-refractivity contribution in [2.45, 2.75) is 32.6 Å². The van der Waals surface area contributed by atoms with Crippen LogP contribution in [-0.4, -0.2) is 11.3 Å². The van der Waals surface area contributed by atoms with Crippen molar-refractivity contribution in [1.82, 2.24) is 4.98 Å². The van der Waals surface area contributed by atoms with Gasteiger partial charge >= 0.3 is 0 Å². The van der Waals surface area contributed by atoms with Crippen molar-refractivity contribution in [2.75, 3.05) is 0 Å². The third-order valence-electron chi connectivity index (χ3n) is 3.72. The van der Waals surface area contributed by atoms with Gasteiger partial charge in [-0.2, -0.15) is 0 Å². The van der Waals surface area contributed by atoms with Crippen molar-refractivity contribution >= 4 is 6.29 Å². The SMILES string of the molecule is Cc1cc(C=O)cnc1Oc1ccc2c(c1)CCCC2. The van der Waals surface area contributed by atoms with Crippen molar-refractivity contribution in [1.29, 1.82) is 0 Å². The van der Waals surface area contributed by atoms with E-state index in [1.54, 1.807) is 6.07 Å². The lowest BCUT2D eigenvalue weighted by atomic mass is 9.92. The van der Waals surface area contributed by atoms with E-state index >= 15 is 0 Å². The number of rotatable bonds is 3. The maximum Gasteiger partial charge on any atom is 0.222 e. The predicted octanol–water partition coefficient (Wildman–Crippen LogP) is 3.87. The maximum atomic E-state index is 10.7. The number of pyridine rings is 1. The number of ether oxygens (including phenoxy) is 1. The molecule has 3 nitrogen and oxygen atoms in total. The average Bonchev–Trinajstić information content (AvgIpc) is 2.49. The zero-order valence-corrected chi connectivity index (χ0v) is 11.6. The van der Waals surface area contributed by atoms with Crippen molar-refractivity contribution in [3.63, 3.8) is 0 Å². The van der Waals surface area contributed by atoms with Crippen LogP contribution < -0.4 is 4.74 Å². The molecule has 20 heavy (non-hydrogen) atoms. The molecule has 0 fully saturated rings. The number of fused-ring (bicyclic) bond motifs is 1. The third kappa shape index (κ3) is 2.57. The number of carbonyl (C=O) groups excluding carboxylic acids is 1. The van der Waals surface area contributed by atoms with Crippen LogP contribution in [0.3, 0.4) is 0 Å². The van der Waals surface area contributed by atoms with Crippen molar-refractivity contribution in [3.05, 3.63) is 52.7 Å². The number of hydrogen-bond acceptors (Lipinski definition) is 3. The Morgan fingerprint density at radius 3 is 2.70 bits per heavy atom. The van der Waals surface area contributed by atoms with Crippen LogP contribution in [0.5, 0.6) is 11.6 Å². The summed E-state index contributed by atoms with van der Waals surface area (Å²) in [4.78, 5) is 14.9. The lowest BCUT2D eigenvalue weighted by Crippen LogP contribution is -2.02. The summed E-state index contributed by atoms with van der Waals surface area (Å²) in [6.45, 7) is 1.90. The van der Waals surface area contributed by atoms with Gasteiger partial charge in [0, 0.05) is 17.3 Å². The highest BCUT2D eigenvalue weighted by Crippen LogP contribution is 2.28. The molecule has 102 valence electrons. The maximum absolute atomic E-state index is 10.7. The van der Waals surface area contributed by atoms with Crippen molar-refractivity contribution in [3.8, 4) is 11.6 Å². The number of carbonyl (C=O) groups is 1. The van der Waals surface area contributed by atoms with E-state index in [1.807, 2.05) is 13.0 Å². The summed E-state index contributed by atoms with van der Waals surface area (Å²) in [5, 5.41) is 0. The number of nitrogens with zero attached hydrogens (tertiary/aromatic N) is 1. The summed E-state index contributed by atoms with van der Waals surface area (Å²) < 4.78 is 5.85. The van der Waals surface area contributed by atoms with Crippen LogP contribution in [0.25, 0.3) is 0 Å². The topological polar surface area (TPSA) is 39.2 Å². The van der Waals surface area contributed by atoms with E-state index in [0.29, 0.717) is 11.4 Å². The molecule has 0 unspecified atom stereocenters. The van der Waals surface area contributed by atoms with Crippen LogP contribution in [0, 0.1) is 6.92 Å². The number of aromatic nitrogens is 1. The van der Waals surface area contributed by atoms with Crippen molar-refractivity contribution in [2.24, 2.45) is 0 Å². The molecule has 1 aromatic heterocycles. The standard InChI is InChI=1S/C17H17NO2/c1-12-8-13(11-19)10-18-17(12)20-16-7-6-14-4-2-3-5-15(14)9-16/h6-11H,2-5H2,1H3. The van der Waals surface area contributed by atoms with Gasteiger partial charge in [0.1, 0.15) is 5.75 Å². The van der Waals surface area contributed by atoms with Crippen LogP contribution in [-0.2, 0) is 12.8 Å². The lowest BCUT2D eigenvalue weighted by molar-refractivity contribution is 0.112. The molecule has 3 rings (SSSR count). The van der Waals surface area contributed by atoms with Gasteiger partial charge in [0.05, 0.1) is 0 Å². The quantitative estimate of drug-likeness (QED) is 0.792. The van der Waals surface area contributed by atoms with Gasteiger partial charge in [-0.15, -0.1) is 0 Å². The van der Waals surface area contributed by atoms with Gasteiger partial charge in [-0.1, -0.05) is 6.07 Å². The first-order valence-corrected chi connectivity index (χ1v) is 6.98. The van der Waals surface area contributed by atoms with Gasteiger partial charge in [-0.25, -0.2) is 4.98 Å². The molecule has 1 aliphatic rings. The molecule has 1 heterocycles. The highest BCUT2D eigenvalue weighted by Gasteiger charge is 2.11. The predicted molar refractivity (Wildman–Crippen MR) is 77.5 cm³/mol. The fourth-order valence-corrected chi connectivity index (χ4v) is 2.64. The number of benzene rings is 1. The number of aryl methyl sites for hydroxylation is 3. The third-order valence-corrected chi connectivity index (χ3v) is 3.72. The molecule has 2 aromatic rings. The Kier molecular flexibility index (Phi) is 3.50. The molecular formula is C17H17NO2. The minimum absolute atomic E-state index is 0.561. The molecular weight excluding hydrogens is 250 g/mol. The Bertz CT molecular complexity index is 649. The molecule has 0 atom stereocenters. The van der Waals surface area contributed by atoms with Crippen LogP contribution >= 0.6 is 0 Å². The fourth-order valence-electron chi connectivity index (χ4n) is 2.64. The van der Waals surface area contributed by atoms with E-state index < -0.39 is 0 Å². The first-order valence-electron chi connectivity index (χ1n) is 6.98. The molecule has 0 spiro atoms. The second kappa shape index (κ2) is 5.45. The van der Waals surface area contributed by atoms with Gasteiger partial charge in [0.25, 0.3) is 0 Å². The van der Waals surface area contributed by atoms with E-state index in [-0.39, 0.29) is 0 Å². The normalized spacial score (nSPS) is 13.7. The van der Waals surface area contributed by atoms with Crippen LogP contribution in [0.2, 0.25) is 0 Å². The second-order valence-electron chi connectivity index (χ2n) is 5.25. The molecule has 0 radical (unpaired) electrons. The van der Waals surface area contributed by atoms with Gasteiger partial charge < -0.3 is 4.74 Å². The number of hydrogen-bond donors (Lipinski definition) is 0. The zero-order chi connectivity index (χ0) is 13.9. The van der Waals surface area contributed by atoms with Gasteiger partial charge in [0.2, 0.25) is 5.88 Å². The largest absolute Gasteiger partial charge is 0.439 e. The molecule has 3 heteroatoms. The molecule has 1 aromatic carbocycles. The van der Waals surface area contributed by atoms with Crippen LogP contribution in [0.4, 0.5) is 0 Å². The fraction of sp³-hybridized carbons (Fsp3) is 0.294. The molecule has 0 amide bonds. The zero-order valence-electron chi connectivity index (χ0n) is 11.6. The minimum Gasteiger partial charge on any atom is -0.439 e. The molecule has 1 aliphatic carbocycles. The summed E-state index contributed by atoms with van der Waals surface area (Å²) >= 11 is 0. The van der Waals surface area contributed by atoms with Crippen molar-refractivity contribution < 1.29 is 9.53 Å². The summed E-state index contributed by atoms with van der Waals surface area (Å²) in [5.41, 5.74) is 4.26. The highest BCUT2D eigenvalue weighted by molar-refractivity contribution is 5.74. The van der Waals surface area contributed by atoms with E-state index in [4.69, 9.17) is 4.74 Å². The van der Waals surface area contributed by atoms with E-state index in [9.17, 15) is 4.79 Å².